The number of benzene rings is 1. The van der Waals surface area contributed by atoms with Crippen molar-refractivity contribution >= 4 is 23.1 Å². The maximum absolute atomic E-state index is 12.7. The number of nitro groups is 1. The molecule has 0 aliphatic heterocycles. The molecule has 0 unspecified atom stereocenters. The van der Waals surface area contributed by atoms with Crippen LogP contribution in [0.2, 0.25) is 5.02 Å². The fourth-order valence-corrected chi connectivity index (χ4v) is 1.52. The number of carbonyl (C=O) groups excluding carboxylic acids is 1. The van der Waals surface area contributed by atoms with Gasteiger partial charge in [-0.05, 0) is 13.0 Å². The Morgan fingerprint density at radius 1 is 1.41 bits per heavy atom. The van der Waals surface area contributed by atoms with Gasteiger partial charge in [0.1, 0.15) is 5.56 Å². The van der Waals surface area contributed by atoms with Crippen molar-refractivity contribution in [3.63, 3.8) is 0 Å². The molecule has 8 heteroatoms. The maximum Gasteiger partial charge on any atom is 0.423 e. The van der Waals surface area contributed by atoms with Gasteiger partial charge in [-0.3, -0.25) is 14.9 Å². The summed E-state index contributed by atoms with van der Waals surface area (Å²) in [7, 11) is 0. The van der Waals surface area contributed by atoms with E-state index in [4.69, 9.17) is 11.6 Å². The first-order valence-corrected chi connectivity index (χ1v) is 4.58. The zero-order valence-electron chi connectivity index (χ0n) is 8.34. The summed E-state index contributed by atoms with van der Waals surface area (Å²) in [5, 5.41) is 10.2. The van der Waals surface area contributed by atoms with Gasteiger partial charge in [-0.2, -0.15) is 13.2 Å². The van der Waals surface area contributed by atoms with Gasteiger partial charge in [0.25, 0.3) is 5.69 Å². The molecule has 1 rings (SSSR count). The third kappa shape index (κ3) is 2.73. The van der Waals surface area contributed by atoms with E-state index < -0.39 is 33.7 Å². The van der Waals surface area contributed by atoms with E-state index in [1.54, 1.807) is 0 Å². The second kappa shape index (κ2) is 4.33. The topological polar surface area (TPSA) is 60.2 Å². The van der Waals surface area contributed by atoms with Gasteiger partial charge in [0.15, 0.2) is 5.78 Å². The van der Waals surface area contributed by atoms with Crippen LogP contribution in [0.5, 0.6) is 0 Å². The summed E-state index contributed by atoms with van der Waals surface area (Å²) in [4.78, 5) is 20.4. The van der Waals surface area contributed by atoms with Gasteiger partial charge in [0.05, 0.1) is 4.92 Å². The third-order valence-electron chi connectivity index (χ3n) is 1.94. The largest absolute Gasteiger partial charge is 0.423 e. The fourth-order valence-electron chi connectivity index (χ4n) is 1.31. The molecular formula is C9H5ClF3NO3. The van der Waals surface area contributed by atoms with Crippen molar-refractivity contribution in [2.75, 3.05) is 0 Å². The molecule has 0 amide bonds. The molecule has 0 aromatic heterocycles. The van der Waals surface area contributed by atoms with Crippen molar-refractivity contribution < 1.29 is 22.9 Å². The summed E-state index contributed by atoms with van der Waals surface area (Å²) in [5.41, 5.74) is -3.61. The minimum absolute atomic E-state index is 0.296. The lowest BCUT2D eigenvalue weighted by molar-refractivity contribution is -0.388. The van der Waals surface area contributed by atoms with Crippen LogP contribution in [-0.2, 0) is 6.18 Å². The number of carbonyl (C=O) groups is 1. The second-order valence-corrected chi connectivity index (χ2v) is 3.59. The van der Waals surface area contributed by atoms with Crippen LogP contribution < -0.4 is 0 Å². The number of hydrogen-bond donors (Lipinski definition) is 0. The van der Waals surface area contributed by atoms with Crippen LogP contribution >= 0.6 is 11.6 Å². The summed E-state index contributed by atoms with van der Waals surface area (Å²) in [5.74, 6) is -0.942. The van der Waals surface area contributed by atoms with E-state index in [-0.39, 0.29) is 5.02 Å². The van der Waals surface area contributed by atoms with Crippen LogP contribution in [0.3, 0.4) is 0 Å². The van der Waals surface area contributed by atoms with Gasteiger partial charge in [-0.25, -0.2) is 0 Å². The van der Waals surface area contributed by atoms with E-state index in [0.29, 0.717) is 6.07 Å². The summed E-state index contributed by atoms with van der Waals surface area (Å²) >= 11 is 5.44. The number of rotatable bonds is 2. The summed E-state index contributed by atoms with van der Waals surface area (Å²) < 4.78 is 38.0. The maximum atomic E-state index is 12.7. The number of halogens is 4. The molecule has 0 fully saturated rings. The van der Waals surface area contributed by atoms with E-state index in [2.05, 4.69) is 0 Å². The fraction of sp³-hybridized carbons (Fsp3) is 0.222. The summed E-state index contributed by atoms with van der Waals surface area (Å²) in [6.45, 7) is 0.880. The Balaban J connectivity index is 3.72. The van der Waals surface area contributed by atoms with Crippen molar-refractivity contribution in [3.05, 3.63) is 38.4 Å². The van der Waals surface area contributed by atoms with Gasteiger partial charge in [0, 0.05) is 16.7 Å². The van der Waals surface area contributed by atoms with Gasteiger partial charge in [-0.1, -0.05) is 11.6 Å². The standard InChI is InChI=1S/C9H5ClF3NO3/c1-4(15)6-2-5(10)3-7(14(16)17)8(6)9(11,12)13/h2-3H,1H3. The molecule has 0 saturated heterocycles. The molecule has 0 aliphatic carbocycles. The monoisotopic (exact) mass is 267 g/mol. The minimum Gasteiger partial charge on any atom is -0.294 e. The molecule has 0 spiro atoms. The molecule has 0 bridgehead atoms. The van der Waals surface area contributed by atoms with Crippen LogP contribution in [0.1, 0.15) is 22.8 Å². The number of nitro benzene ring substituents is 1. The van der Waals surface area contributed by atoms with Crippen molar-refractivity contribution in [1.29, 1.82) is 0 Å². The van der Waals surface area contributed by atoms with E-state index in [1.165, 1.54) is 0 Å². The lowest BCUT2D eigenvalue weighted by Gasteiger charge is -2.11. The van der Waals surface area contributed by atoms with Crippen LogP contribution in [0.4, 0.5) is 18.9 Å². The van der Waals surface area contributed by atoms with Crippen LogP contribution in [-0.4, -0.2) is 10.7 Å². The zero-order chi connectivity index (χ0) is 13.4. The number of ketones is 1. The highest BCUT2D eigenvalue weighted by Crippen LogP contribution is 2.40. The van der Waals surface area contributed by atoms with Crippen LogP contribution in [0, 0.1) is 10.1 Å². The first-order chi connectivity index (χ1) is 7.64. The van der Waals surface area contributed by atoms with Crippen molar-refractivity contribution in [1.82, 2.24) is 0 Å². The zero-order valence-corrected chi connectivity index (χ0v) is 9.09. The molecule has 0 heterocycles. The first kappa shape index (κ1) is 13.4. The summed E-state index contributed by atoms with van der Waals surface area (Å²) in [6, 6.07) is 1.33. The molecule has 0 atom stereocenters. The highest BCUT2D eigenvalue weighted by atomic mass is 35.5. The van der Waals surface area contributed by atoms with E-state index in [0.717, 1.165) is 13.0 Å². The number of Topliss-reactive ketones (excluding diaryl/α,β-unsaturated/α-hetero) is 1. The molecule has 0 aliphatic rings. The summed E-state index contributed by atoms with van der Waals surface area (Å²) in [6.07, 6.45) is -4.99. The Bertz CT molecular complexity index is 464. The van der Waals surface area contributed by atoms with Gasteiger partial charge >= 0.3 is 6.18 Å². The molecular weight excluding hydrogens is 263 g/mol. The molecule has 92 valence electrons. The smallest absolute Gasteiger partial charge is 0.294 e. The number of alkyl halides is 3. The molecule has 17 heavy (non-hydrogen) atoms. The van der Waals surface area contributed by atoms with E-state index >= 15 is 0 Å². The molecule has 1 aromatic rings. The Morgan fingerprint density at radius 2 is 1.94 bits per heavy atom. The number of nitrogens with zero attached hydrogens (tertiary/aromatic N) is 1. The van der Waals surface area contributed by atoms with Crippen molar-refractivity contribution in [2.45, 2.75) is 13.1 Å². The lowest BCUT2D eigenvalue weighted by atomic mass is 10.0. The highest BCUT2D eigenvalue weighted by Gasteiger charge is 2.42. The average Bonchev–Trinajstić information content (AvgIpc) is 2.14. The third-order valence-corrected chi connectivity index (χ3v) is 2.16. The van der Waals surface area contributed by atoms with Crippen molar-refractivity contribution in [3.8, 4) is 0 Å². The predicted octanol–water partition coefficient (Wildman–Crippen LogP) is 3.47. The Labute approximate surface area is 98.1 Å². The predicted molar refractivity (Wildman–Crippen MR) is 53.1 cm³/mol. The number of hydrogen-bond acceptors (Lipinski definition) is 3. The Hall–Kier alpha value is -1.63. The van der Waals surface area contributed by atoms with Gasteiger partial charge in [0.2, 0.25) is 0 Å². The molecule has 0 saturated carbocycles. The SMILES string of the molecule is CC(=O)c1cc(Cl)cc([N+](=O)[O-])c1C(F)(F)F. The Kier molecular flexibility index (Phi) is 3.42. The molecule has 0 N–H and O–H groups in total. The van der Waals surface area contributed by atoms with E-state index in [9.17, 15) is 28.1 Å². The molecule has 4 nitrogen and oxygen atoms in total. The normalized spacial score (nSPS) is 11.4. The van der Waals surface area contributed by atoms with Crippen LogP contribution in [0.15, 0.2) is 12.1 Å². The van der Waals surface area contributed by atoms with E-state index in [1.807, 2.05) is 0 Å². The minimum atomic E-state index is -4.99. The first-order valence-electron chi connectivity index (χ1n) is 4.20. The Morgan fingerprint density at radius 3 is 2.29 bits per heavy atom. The van der Waals surface area contributed by atoms with Gasteiger partial charge in [-0.15, -0.1) is 0 Å². The molecule has 1 aromatic carbocycles. The van der Waals surface area contributed by atoms with Crippen LogP contribution in [0.25, 0.3) is 0 Å². The highest BCUT2D eigenvalue weighted by molar-refractivity contribution is 6.31. The average molecular weight is 268 g/mol. The lowest BCUT2D eigenvalue weighted by Crippen LogP contribution is -2.14. The second-order valence-electron chi connectivity index (χ2n) is 3.16. The quantitative estimate of drug-likeness (QED) is 0.468. The van der Waals surface area contributed by atoms with Crippen molar-refractivity contribution in [2.24, 2.45) is 0 Å². The molecule has 0 radical (unpaired) electrons. The van der Waals surface area contributed by atoms with Gasteiger partial charge < -0.3 is 0 Å².